The zero-order valence-electron chi connectivity index (χ0n) is 22.6. The molecule has 1 aromatic carbocycles. The quantitative estimate of drug-likeness (QED) is 0.167. The Labute approximate surface area is 223 Å². The molecule has 1 aromatic heterocycles. The Morgan fingerprint density at radius 2 is 1.53 bits per heavy atom. The normalized spacial score (nSPS) is 14.6. The minimum atomic E-state index is -1.15. The number of carbonyl (C=O) groups excluding carboxylic acids is 3. The van der Waals surface area contributed by atoms with Crippen LogP contribution in [0.25, 0.3) is 10.9 Å². The second-order valence-corrected chi connectivity index (χ2v) is 10.3. The number of aromatic amines is 1. The van der Waals surface area contributed by atoms with Gasteiger partial charge in [-0.3, -0.25) is 14.4 Å². The zero-order valence-corrected chi connectivity index (χ0v) is 22.6. The van der Waals surface area contributed by atoms with Crippen molar-refractivity contribution in [2.45, 2.75) is 77.5 Å². The molecular formula is C27H42N6O5. The van der Waals surface area contributed by atoms with Gasteiger partial charge in [0.25, 0.3) is 0 Å². The van der Waals surface area contributed by atoms with Gasteiger partial charge in [0.2, 0.25) is 17.7 Å². The summed E-state index contributed by atoms with van der Waals surface area (Å²) in [6.07, 6.45) is 3.64. The number of carbonyl (C=O) groups is 4. The summed E-state index contributed by atoms with van der Waals surface area (Å²) in [5.41, 5.74) is 13.6. The third-order valence-corrected chi connectivity index (χ3v) is 6.51. The van der Waals surface area contributed by atoms with Crippen LogP contribution in [0.15, 0.2) is 30.5 Å². The molecule has 0 saturated heterocycles. The highest BCUT2D eigenvalue weighted by Gasteiger charge is 2.32. The maximum Gasteiger partial charge on any atom is 0.326 e. The van der Waals surface area contributed by atoms with Crippen molar-refractivity contribution < 1.29 is 24.3 Å². The van der Waals surface area contributed by atoms with Crippen molar-refractivity contribution in [3.05, 3.63) is 36.0 Å². The molecule has 4 atom stereocenters. The van der Waals surface area contributed by atoms with E-state index in [4.69, 9.17) is 11.5 Å². The molecule has 0 fully saturated rings. The molecule has 11 heteroatoms. The van der Waals surface area contributed by atoms with Gasteiger partial charge in [-0.15, -0.1) is 0 Å². The number of amides is 3. The number of hydrogen-bond donors (Lipinski definition) is 7. The average molecular weight is 531 g/mol. The van der Waals surface area contributed by atoms with E-state index in [1.165, 1.54) is 0 Å². The number of carboxylic acids is 1. The molecule has 0 radical (unpaired) electrons. The van der Waals surface area contributed by atoms with Gasteiger partial charge in [0.15, 0.2) is 0 Å². The Hall–Kier alpha value is -3.44. The van der Waals surface area contributed by atoms with Crippen molar-refractivity contribution in [1.29, 1.82) is 0 Å². The lowest BCUT2D eigenvalue weighted by molar-refractivity contribution is -0.143. The first kappa shape index (κ1) is 30.8. The van der Waals surface area contributed by atoms with E-state index in [1.54, 1.807) is 27.7 Å². The van der Waals surface area contributed by atoms with E-state index in [2.05, 4.69) is 20.9 Å². The Morgan fingerprint density at radius 1 is 0.895 bits per heavy atom. The number of aliphatic carboxylic acids is 1. The van der Waals surface area contributed by atoms with E-state index in [0.29, 0.717) is 25.8 Å². The monoisotopic (exact) mass is 530 g/mol. The van der Waals surface area contributed by atoms with Gasteiger partial charge in [-0.2, -0.15) is 0 Å². The SMILES string of the molecule is CC(C)C(NC(=O)C(NC(=O)C(CCCCN)NC(=O)C(N)Cc1c[nH]c2ccccc12)C(C)C)C(=O)O. The minimum absolute atomic E-state index is 0.274. The predicted octanol–water partition coefficient (Wildman–Crippen LogP) is 1.02. The number of nitrogens with one attached hydrogen (secondary N) is 4. The van der Waals surface area contributed by atoms with E-state index < -0.39 is 47.9 Å². The van der Waals surface area contributed by atoms with Crippen molar-refractivity contribution in [2.24, 2.45) is 23.3 Å². The van der Waals surface area contributed by atoms with E-state index >= 15 is 0 Å². The van der Waals surface area contributed by atoms with Crippen molar-refractivity contribution in [1.82, 2.24) is 20.9 Å². The van der Waals surface area contributed by atoms with Gasteiger partial charge in [0.05, 0.1) is 6.04 Å². The predicted molar refractivity (Wildman–Crippen MR) is 146 cm³/mol. The fourth-order valence-corrected chi connectivity index (χ4v) is 4.22. The number of benzene rings is 1. The van der Waals surface area contributed by atoms with Crippen LogP contribution < -0.4 is 27.4 Å². The summed E-state index contributed by atoms with van der Waals surface area (Å²) in [6, 6.07) is 3.78. The lowest BCUT2D eigenvalue weighted by Crippen LogP contribution is -2.59. The topological polar surface area (TPSA) is 192 Å². The summed E-state index contributed by atoms with van der Waals surface area (Å²) in [5, 5.41) is 18.4. The lowest BCUT2D eigenvalue weighted by Gasteiger charge is -2.28. The van der Waals surface area contributed by atoms with E-state index in [1.807, 2.05) is 30.5 Å². The van der Waals surface area contributed by atoms with E-state index in [9.17, 15) is 24.3 Å². The Kier molecular flexibility index (Phi) is 11.7. The summed E-state index contributed by atoms with van der Waals surface area (Å²) in [7, 11) is 0. The van der Waals surface area contributed by atoms with Crippen LogP contribution in [-0.4, -0.2) is 64.5 Å². The van der Waals surface area contributed by atoms with Gasteiger partial charge in [0, 0.05) is 17.1 Å². The van der Waals surface area contributed by atoms with Gasteiger partial charge < -0.3 is 37.5 Å². The van der Waals surface area contributed by atoms with Crippen molar-refractivity contribution >= 4 is 34.6 Å². The Balaban J connectivity index is 2.12. The molecule has 3 amide bonds. The first-order valence-electron chi connectivity index (χ1n) is 13.1. The highest BCUT2D eigenvalue weighted by atomic mass is 16.4. The summed E-state index contributed by atoms with van der Waals surface area (Å²) in [6.45, 7) is 7.30. The zero-order chi connectivity index (χ0) is 28.4. The van der Waals surface area contributed by atoms with E-state index in [-0.39, 0.29) is 18.3 Å². The first-order valence-corrected chi connectivity index (χ1v) is 13.1. The molecule has 11 nitrogen and oxygen atoms in total. The van der Waals surface area contributed by atoms with Crippen molar-refractivity contribution in [3.63, 3.8) is 0 Å². The smallest absolute Gasteiger partial charge is 0.326 e. The largest absolute Gasteiger partial charge is 0.480 e. The minimum Gasteiger partial charge on any atom is -0.480 e. The van der Waals surface area contributed by atoms with Crippen LogP contribution in [0.1, 0.15) is 52.5 Å². The van der Waals surface area contributed by atoms with Gasteiger partial charge >= 0.3 is 5.97 Å². The van der Waals surface area contributed by atoms with Crippen molar-refractivity contribution in [3.8, 4) is 0 Å². The molecule has 0 bridgehead atoms. The summed E-state index contributed by atoms with van der Waals surface area (Å²) < 4.78 is 0. The standard InChI is InChI=1S/C27H42N6O5/c1-15(2)22(26(36)33-23(16(3)4)27(37)38)32-25(35)21(11-7-8-12-28)31-24(34)19(29)13-17-14-30-20-10-6-5-9-18(17)20/h5-6,9-10,14-16,19,21-23,30H,7-8,11-13,28-29H2,1-4H3,(H,31,34)(H,32,35)(H,33,36)(H,37,38). The maximum atomic E-state index is 13.3. The number of para-hydroxylation sites is 1. The molecule has 2 aromatic rings. The fraction of sp³-hybridized carbons (Fsp3) is 0.556. The molecule has 4 unspecified atom stereocenters. The van der Waals surface area contributed by atoms with Crippen LogP contribution in [-0.2, 0) is 25.6 Å². The third-order valence-electron chi connectivity index (χ3n) is 6.51. The second kappa shape index (κ2) is 14.5. The van der Waals surface area contributed by atoms with Crippen LogP contribution in [0.4, 0.5) is 0 Å². The van der Waals surface area contributed by atoms with Crippen LogP contribution in [0.2, 0.25) is 0 Å². The van der Waals surface area contributed by atoms with E-state index in [0.717, 1.165) is 16.5 Å². The Morgan fingerprint density at radius 3 is 2.13 bits per heavy atom. The van der Waals surface area contributed by atoms with Crippen LogP contribution in [0.5, 0.6) is 0 Å². The number of rotatable bonds is 15. The molecule has 2 rings (SSSR count). The first-order chi connectivity index (χ1) is 18.0. The Bertz CT molecular complexity index is 1100. The summed E-state index contributed by atoms with van der Waals surface area (Å²) >= 11 is 0. The molecule has 1 heterocycles. The third kappa shape index (κ3) is 8.56. The van der Waals surface area contributed by atoms with Crippen LogP contribution in [0.3, 0.4) is 0 Å². The number of H-pyrrole nitrogens is 1. The maximum absolute atomic E-state index is 13.3. The molecule has 210 valence electrons. The van der Waals surface area contributed by atoms with Gasteiger partial charge in [0.1, 0.15) is 18.1 Å². The molecule has 38 heavy (non-hydrogen) atoms. The molecule has 0 spiro atoms. The van der Waals surface area contributed by atoms with Crippen LogP contribution >= 0.6 is 0 Å². The lowest BCUT2D eigenvalue weighted by atomic mass is 9.99. The fourth-order valence-electron chi connectivity index (χ4n) is 4.22. The number of unbranched alkanes of at least 4 members (excludes halogenated alkanes) is 1. The number of aromatic nitrogens is 1. The number of fused-ring (bicyclic) bond motifs is 1. The molecule has 0 aliphatic rings. The van der Waals surface area contributed by atoms with Gasteiger partial charge in [-0.05, 0) is 55.7 Å². The molecule has 0 aliphatic heterocycles. The number of hydrogen-bond acceptors (Lipinski definition) is 6. The second-order valence-electron chi connectivity index (χ2n) is 10.3. The molecular weight excluding hydrogens is 488 g/mol. The van der Waals surface area contributed by atoms with Crippen molar-refractivity contribution in [2.75, 3.05) is 6.54 Å². The van der Waals surface area contributed by atoms with Gasteiger partial charge in [-0.1, -0.05) is 45.9 Å². The van der Waals surface area contributed by atoms with Gasteiger partial charge in [-0.25, -0.2) is 4.79 Å². The summed E-state index contributed by atoms with van der Waals surface area (Å²) in [4.78, 5) is 53.9. The van der Waals surface area contributed by atoms with Crippen LogP contribution in [0, 0.1) is 11.8 Å². The highest BCUT2D eigenvalue weighted by Crippen LogP contribution is 2.19. The average Bonchev–Trinajstić information content (AvgIpc) is 3.26. The highest BCUT2D eigenvalue weighted by molar-refractivity contribution is 5.94. The number of carboxylic acid groups (broad SMARTS) is 1. The number of nitrogens with two attached hydrogens (primary N) is 2. The molecule has 0 aliphatic carbocycles. The summed E-state index contributed by atoms with van der Waals surface area (Å²) in [5.74, 6) is -3.46. The molecule has 0 saturated carbocycles. The molecule has 9 N–H and O–H groups in total.